The van der Waals surface area contributed by atoms with Gasteiger partial charge in [-0.15, -0.1) is 0 Å². The van der Waals surface area contributed by atoms with E-state index in [2.05, 4.69) is 47.2 Å². The molecule has 0 unspecified atom stereocenters. The van der Waals surface area contributed by atoms with E-state index in [0.717, 1.165) is 29.4 Å². The number of aromatic nitrogens is 1. The average Bonchev–Trinajstić information content (AvgIpc) is 2.65. The van der Waals surface area contributed by atoms with Gasteiger partial charge in [-0.3, -0.25) is 4.98 Å². The van der Waals surface area contributed by atoms with Crippen LogP contribution < -0.4 is 5.32 Å². The molecule has 1 heterocycles. The summed E-state index contributed by atoms with van der Waals surface area (Å²) in [4.78, 5) is 5.00. The van der Waals surface area contributed by atoms with Crippen LogP contribution in [0.15, 0.2) is 16.6 Å². The third kappa shape index (κ3) is 2.44. The van der Waals surface area contributed by atoms with Gasteiger partial charge >= 0.3 is 0 Å². The van der Waals surface area contributed by atoms with E-state index >= 15 is 0 Å². The number of hydrogen-bond donors (Lipinski definition) is 1. The molecule has 1 aliphatic carbocycles. The van der Waals surface area contributed by atoms with Crippen molar-refractivity contribution in [3.05, 3.63) is 33.4 Å². The summed E-state index contributed by atoms with van der Waals surface area (Å²) in [5, 5.41) is 4.86. The Balaban J connectivity index is 2.33. The molecule has 0 bridgehead atoms. The van der Waals surface area contributed by atoms with Crippen molar-refractivity contribution in [2.45, 2.75) is 46.0 Å². The number of pyridine rings is 1. The third-order valence-corrected chi connectivity index (χ3v) is 4.58. The van der Waals surface area contributed by atoms with Crippen LogP contribution in [0.2, 0.25) is 0 Å². The minimum Gasteiger partial charge on any atom is -0.384 e. The number of nitrogens with one attached hydrogen (secondary N) is 1. The second-order valence-electron chi connectivity index (χ2n) is 5.62. The molecule has 106 valence electrons. The largest absolute Gasteiger partial charge is 0.384 e. The quantitative estimate of drug-likeness (QED) is 0.782. The van der Waals surface area contributed by atoms with Crippen LogP contribution in [-0.4, -0.2) is 11.5 Å². The van der Waals surface area contributed by atoms with Crippen molar-refractivity contribution in [2.24, 2.45) is 0 Å². The number of aryl methyl sites for hydroxylation is 2. The van der Waals surface area contributed by atoms with Crippen molar-refractivity contribution in [1.82, 2.24) is 4.98 Å². The highest BCUT2D eigenvalue weighted by Gasteiger charge is 2.18. The fraction of sp³-hybridized carbons (Fsp3) is 0.471. The molecule has 0 spiro atoms. The van der Waals surface area contributed by atoms with Crippen LogP contribution in [0.3, 0.4) is 0 Å². The molecule has 1 aromatic heterocycles. The molecule has 1 aliphatic rings. The maximum absolute atomic E-state index is 5.00. The molecule has 1 N–H and O–H groups in total. The summed E-state index contributed by atoms with van der Waals surface area (Å²) in [7, 11) is 0. The zero-order valence-electron chi connectivity index (χ0n) is 12.2. The van der Waals surface area contributed by atoms with E-state index in [4.69, 9.17) is 4.98 Å². The summed E-state index contributed by atoms with van der Waals surface area (Å²) < 4.78 is 1.14. The minimum atomic E-state index is 0.955. The van der Waals surface area contributed by atoms with Crippen LogP contribution >= 0.6 is 15.9 Å². The van der Waals surface area contributed by atoms with E-state index in [1.165, 1.54) is 47.2 Å². The Morgan fingerprint density at radius 2 is 2.00 bits per heavy atom. The zero-order chi connectivity index (χ0) is 14.1. The van der Waals surface area contributed by atoms with E-state index in [1.807, 2.05) is 0 Å². The molecule has 20 heavy (non-hydrogen) atoms. The molecule has 0 fully saturated rings. The Kier molecular flexibility index (Phi) is 3.97. The minimum absolute atomic E-state index is 0.955. The normalized spacial score (nSPS) is 14.9. The molecule has 0 aliphatic heterocycles. The van der Waals surface area contributed by atoms with Crippen LogP contribution in [0, 0.1) is 6.92 Å². The van der Waals surface area contributed by atoms with Crippen molar-refractivity contribution in [2.75, 3.05) is 11.9 Å². The third-order valence-electron chi connectivity index (χ3n) is 4.13. The van der Waals surface area contributed by atoms with Gasteiger partial charge in [-0.2, -0.15) is 0 Å². The number of rotatable bonds is 2. The Morgan fingerprint density at radius 3 is 2.80 bits per heavy atom. The molecular weight excluding hydrogens is 312 g/mol. The highest BCUT2D eigenvalue weighted by atomic mass is 79.9. The van der Waals surface area contributed by atoms with Crippen LogP contribution in [0.1, 0.15) is 43.0 Å². The Hall–Kier alpha value is -1.09. The van der Waals surface area contributed by atoms with Crippen LogP contribution in [0.25, 0.3) is 10.9 Å². The summed E-state index contributed by atoms with van der Waals surface area (Å²) in [5.74, 6) is 0. The van der Waals surface area contributed by atoms with Crippen LogP contribution in [-0.2, 0) is 12.8 Å². The van der Waals surface area contributed by atoms with E-state index in [9.17, 15) is 0 Å². The highest BCUT2D eigenvalue weighted by molar-refractivity contribution is 9.10. The lowest BCUT2D eigenvalue weighted by atomic mass is 10.00. The second-order valence-corrected chi connectivity index (χ2v) is 6.54. The number of nitrogens with zero attached hydrogens (tertiary/aromatic N) is 1. The topological polar surface area (TPSA) is 24.9 Å². The van der Waals surface area contributed by atoms with Gasteiger partial charge in [0.2, 0.25) is 0 Å². The fourth-order valence-corrected chi connectivity index (χ4v) is 3.78. The summed E-state index contributed by atoms with van der Waals surface area (Å²) in [6, 6.07) is 4.37. The smallest absolute Gasteiger partial charge is 0.0756 e. The number of halogens is 1. The second kappa shape index (κ2) is 5.72. The average molecular weight is 333 g/mol. The van der Waals surface area contributed by atoms with Crippen molar-refractivity contribution in [1.29, 1.82) is 0 Å². The summed E-state index contributed by atoms with van der Waals surface area (Å²) in [6.07, 6.45) is 6.16. The van der Waals surface area contributed by atoms with Gasteiger partial charge in [0, 0.05) is 27.8 Å². The maximum atomic E-state index is 5.00. The first-order chi connectivity index (χ1) is 9.70. The molecule has 0 atom stereocenters. The SMILES string of the molecule is CCNc1c2c(nc3c(C)cc(Br)cc13)CCCCC2. The molecule has 2 nitrogen and oxygen atoms in total. The molecule has 0 saturated carbocycles. The molecule has 1 aromatic carbocycles. The Labute approximate surface area is 129 Å². The highest BCUT2D eigenvalue weighted by Crippen LogP contribution is 2.35. The molecule has 3 heteroatoms. The first-order valence-corrected chi connectivity index (χ1v) is 8.35. The number of anilines is 1. The van der Waals surface area contributed by atoms with E-state index in [1.54, 1.807) is 0 Å². The van der Waals surface area contributed by atoms with Gasteiger partial charge < -0.3 is 5.32 Å². The van der Waals surface area contributed by atoms with Crippen molar-refractivity contribution >= 4 is 32.5 Å². The summed E-state index contributed by atoms with van der Waals surface area (Å²) in [6.45, 7) is 5.27. The number of hydrogen-bond acceptors (Lipinski definition) is 2. The fourth-order valence-electron chi connectivity index (χ4n) is 3.21. The predicted molar refractivity (Wildman–Crippen MR) is 89.6 cm³/mol. The monoisotopic (exact) mass is 332 g/mol. The number of benzene rings is 1. The first-order valence-electron chi connectivity index (χ1n) is 7.56. The van der Waals surface area contributed by atoms with Crippen LogP contribution in [0.5, 0.6) is 0 Å². The van der Waals surface area contributed by atoms with E-state index in [0.29, 0.717) is 0 Å². The van der Waals surface area contributed by atoms with Crippen molar-refractivity contribution in [3.63, 3.8) is 0 Å². The van der Waals surface area contributed by atoms with Gasteiger partial charge in [0.15, 0.2) is 0 Å². The van der Waals surface area contributed by atoms with Gasteiger partial charge in [-0.25, -0.2) is 0 Å². The molecular formula is C17H21BrN2. The first kappa shape index (κ1) is 13.9. The van der Waals surface area contributed by atoms with Crippen molar-refractivity contribution < 1.29 is 0 Å². The van der Waals surface area contributed by atoms with E-state index in [-0.39, 0.29) is 0 Å². The van der Waals surface area contributed by atoms with Crippen LogP contribution in [0.4, 0.5) is 5.69 Å². The van der Waals surface area contributed by atoms with Gasteiger partial charge in [0.1, 0.15) is 0 Å². The lowest BCUT2D eigenvalue weighted by molar-refractivity contribution is 0.709. The summed E-state index contributed by atoms with van der Waals surface area (Å²) in [5.41, 5.74) is 6.50. The summed E-state index contributed by atoms with van der Waals surface area (Å²) >= 11 is 3.62. The molecule has 2 aromatic rings. The lowest BCUT2D eigenvalue weighted by Crippen LogP contribution is -2.07. The van der Waals surface area contributed by atoms with Crippen molar-refractivity contribution in [3.8, 4) is 0 Å². The predicted octanol–water partition coefficient (Wildman–Crippen LogP) is 5.01. The van der Waals surface area contributed by atoms with Gasteiger partial charge in [0.05, 0.1) is 5.52 Å². The Bertz CT molecular complexity index is 649. The standard InChI is InChI=1S/C17H21BrN2/c1-3-19-17-13-7-5-4-6-8-15(13)20-16-11(2)9-12(18)10-14(16)17/h9-10H,3-8H2,1-2H3,(H,19,20). The molecule has 0 radical (unpaired) electrons. The van der Waals surface area contributed by atoms with Gasteiger partial charge in [-0.05, 0) is 62.8 Å². The number of fused-ring (bicyclic) bond motifs is 2. The molecule has 0 amide bonds. The maximum Gasteiger partial charge on any atom is 0.0756 e. The molecule has 0 saturated heterocycles. The van der Waals surface area contributed by atoms with E-state index < -0.39 is 0 Å². The molecule has 3 rings (SSSR count). The van der Waals surface area contributed by atoms with Gasteiger partial charge in [0.25, 0.3) is 0 Å². The lowest BCUT2D eigenvalue weighted by Gasteiger charge is -2.17. The van der Waals surface area contributed by atoms with Gasteiger partial charge in [-0.1, -0.05) is 22.4 Å². The Morgan fingerprint density at radius 1 is 1.20 bits per heavy atom. The zero-order valence-corrected chi connectivity index (χ0v) is 13.8.